The Morgan fingerprint density at radius 2 is 1.85 bits per heavy atom. The number of benzene rings is 1. The number of fused-ring (bicyclic) bond motifs is 1. The molecule has 33 heavy (non-hydrogen) atoms. The van der Waals surface area contributed by atoms with Crippen LogP contribution in [0.15, 0.2) is 73.1 Å². The Hall–Kier alpha value is -3.68. The topological polar surface area (TPSA) is 80.2 Å². The number of nitrogens with zero attached hydrogens (tertiary/aromatic N) is 4. The molecule has 0 saturated carbocycles. The zero-order valence-electron chi connectivity index (χ0n) is 18.3. The van der Waals surface area contributed by atoms with Gasteiger partial charge in [-0.15, -0.1) is 0 Å². The van der Waals surface area contributed by atoms with E-state index < -0.39 is 0 Å². The van der Waals surface area contributed by atoms with E-state index in [4.69, 9.17) is 9.72 Å². The summed E-state index contributed by atoms with van der Waals surface area (Å²) in [5, 5.41) is 3.95. The first-order chi connectivity index (χ1) is 16.2. The number of ether oxygens (including phenoxy) is 1. The molecule has 0 atom stereocenters. The third-order valence-electron chi connectivity index (χ3n) is 5.68. The van der Waals surface area contributed by atoms with Gasteiger partial charge in [0.15, 0.2) is 0 Å². The molecule has 1 aromatic carbocycles. The van der Waals surface area contributed by atoms with E-state index in [0.717, 1.165) is 66.3 Å². The highest BCUT2D eigenvalue weighted by Crippen LogP contribution is 2.23. The molecular weight excluding hydrogens is 414 g/mol. The minimum Gasteiger partial charge on any atom is -0.379 e. The number of pyridine rings is 3. The lowest BCUT2D eigenvalue weighted by molar-refractivity contribution is -0.115. The molecule has 1 saturated heterocycles. The fourth-order valence-corrected chi connectivity index (χ4v) is 4.01. The van der Waals surface area contributed by atoms with Gasteiger partial charge in [-0.25, -0.2) is 9.97 Å². The second-order valence-electron chi connectivity index (χ2n) is 8.05. The Bertz CT molecular complexity index is 1260. The highest BCUT2D eigenvalue weighted by Gasteiger charge is 2.13. The van der Waals surface area contributed by atoms with E-state index in [9.17, 15) is 4.79 Å². The van der Waals surface area contributed by atoms with E-state index >= 15 is 0 Å². The second kappa shape index (κ2) is 9.85. The molecule has 0 aliphatic carbocycles. The van der Waals surface area contributed by atoms with Crippen molar-refractivity contribution in [3.63, 3.8) is 0 Å². The summed E-state index contributed by atoms with van der Waals surface area (Å²) in [6, 6.07) is 19.5. The van der Waals surface area contributed by atoms with Gasteiger partial charge in [-0.05, 0) is 35.9 Å². The van der Waals surface area contributed by atoms with Crippen molar-refractivity contribution in [1.29, 1.82) is 0 Å². The lowest BCUT2D eigenvalue weighted by Gasteiger charge is -2.26. The van der Waals surface area contributed by atoms with Crippen LogP contribution >= 0.6 is 0 Å². The summed E-state index contributed by atoms with van der Waals surface area (Å²) in [4.78, 5) is 28.8. The van der Waals surface area contributed by atoms with Crippen LogP contribution < -0.4 is 5.32 Å². The molecular formula is C26H25N5O2. The molecule has 1 aliphatic heterocycles. The average Bonchev–Trinajstić information content (AvgIpc) is 2.85. The fourth-order valence-electron chi connectivity index (χ4n) is 4.01. The molecule has 5 rings (SSSR count). The Morgan fingerprint density at radius 3 is 2.70 bits per heavy atom. The van der Waals surface area contributed by atoms with Crippen molar-refractivity contribution in [3.05, 3.63) is 84.3 Å². The molecule has 0 radical (unpaired) electrons. The van der Waals surface area contributed by atoms with Crippen LogP contribution in [0.5, 0.6) is 0 Å². The third kappa shape index (κ3) is 5.22. The van der Waals surface area contributed by atoms with Crippen LogP contribution in [-0.4, -0.2) is 52.1 Å². The van der Waals surface area contributed by atoms with Gasteiger partial charge in [0.2, 0.25) is 5.91 Å². The molecule has 1 aliphatic rings. The van der Waals surface area contributed by atoms with Crippen molar-refractivity contribution in [2.45, 2.75) is 13.0 Å². The van der Waals surface area contributed by atoms with Gasteiger partial charge in [-0.1, -0.05) is 30.3 Å². The summed E-state index contributed by atoms with van der Waals surface area (Å²) in [7, 11) is 0. The normalized spacial score (nSPS) is 14.3. The standard InChI is InChI=1S/C26H25N5O2/c32-25(30-24-8-2-7-22(28-24)18-31-12-14-33-15-13-31)16-20-5-1-4-19-9-10-23(29-26(19)20)21-6-3-11-27-17-21/h1-11,17H,12-16,18H2,(H,28,30,32). The first-order valence-corrected chi connectivity index (χ1v) is 11.1. The van der Waals surface area contributed by atoms with Crippen LogP contribution in [0, 0.1) is 0 Å². The Labute approximate surface area is 192 Å². The van der Waals surface area contributed by atoms with Crippen LogP contribution in [0.1, 0.15) is 11.3 Å². The molecule has 4 heterocycles. The quantitative estimate of drug-likeness (QED) is 0.493. The van der Waals surface area contributed by atoms with Crippen LogP contribution in [-0.2, 0) is 22.5 Å². The monoisotopic (exact) mass is 439 g/mol. The predicted molar refractivity (Wildman–Crippen MR) is 128 cm³/mol. The number of morpholine rings is 1. The SMILES string of the molecule is O=C(Cc1cccc2ccc(-c3cccnc3)nc12)Nc1cccc(CN2CCOCC2)n1. The number of para-hydroxylation sites is 1. The maximum absolute atomic E-state index is 12.9. The third-order valence-corrected chi connectivity index (χ3v) is 5.68. The lowest BCUT2D eigenvalue weighted by atomic mass is 10.0. The summed E-state index contributed by atoms with van der Waals surface area (Å²) in [5.74, 6) is 0.446. The summed E-state index contributed by atoms with van der Waals surface area (Å²) >= 11 is 0. The lowest BCUT2D eigenvalue weighted by Crippen LogP contribution is -2.35. The molecule has 1 amide bonds. The number of hydrogen-bond donors (Lipinski definition) is 1. The van der Waals surface area contributed by atoms with Crippen molar-refractivity contribution < 1.29 is 9.53 Å². The summed E-state index contributed by atoms with van der Waals surface area (Å²) in [6.45, 7) is 4.04. The van der Waals surface area contributed by atoms with Crippen molar-refractivity contribution in [3.8, 4) is 11.3 Å². The molecule has 7 heteroatoms. The number of aromatic nitrogens is 3. The van der Waals surface area contributed by atoms with Gasteiger partial charge >= 0.3 is 0 Å². The zero-order valence-corrected chi connectivity index (χ0v) is 18.3. The highest BCUT2D eigenvalue weighted by molar-refractivity contribution is 5.95. The minimum atomic E-state index is -0.118. The smallest absolute Gasteiger partial charge is 0.230 e. The van der Waals surface area contributed by atoms with Gasteiger partial charge in [0.05, 0.1) is 36.5 Å². The van der Waals surface area contributed by atoms with Crippen LogP contribution in [0.4, 0.5) is 5.82 Å². The molecule has 1 fully saturated rings. The van der Waals surface area contributed by atoms with Gasteiger partial charge in [-0.3, -0.25) is 14.7 Å². The van der Waals surface area contributed by atoms with E-state index in [-0.39, 0.29) is 12.3 Å². The van der Waals surface area contributed by atoms with E-state index in [1.54, 1.807) is 12.4 Å². The van der Waals surface area contributed by atoms with Crippen molar-refractivity contribution >= 4 is 22.6 Å². The minimum absolute atomic E-state index is 0.118. The molecule has 166 valence electrons. The molecule has 0 unspecified atom stereocenters. The van der Waals surface area contributed by atoms with Gasteiger partial charge in [0, 0.05) is 43.0 Å². The van der Waals surface area contributed by atoms with Crippen molar-refractivity contribution in [2.24, 2.45) is 0 Å². The number of nitrogens with one attached hydrogen (secondary N) is 1. The van der Waals surface area contributed by atoms with E-state index in [1.165, 1.54) is 0 Å². The maximum atomic E-state index is 12.9. The second-order valence-corrected chi connectivity index (χ2v) is 8.05. The number of anilines is 1. The molecule has 1 N–H and O–H groups in total. The van der Waals surface area contributed by atoms with Crippen LogP contribution in [0.2, 0.25) is 0 Å². The Morgan fingerprint density at radius 1 is 0.970 bits per heavy atom. The van der Waals surface area contributed by atoms with Gasteiger partial charge in [0.1, 0.15) is 5.82 Å². The van der Waals surface area contributed by atoms with Crippen LogP contribution in [0.25, 0.3) is 22.2 Å². The van der Waals surface area contributed by atoms with Crippen molar-refractivity contribution in [2.75, 3.05) is 31.6 Å². The van der Waals surface area contributed by atoms with Gasteiger partial charge in [0.25, 0.3) is 0 Å². The van der Waals surface area contributed by atoms with Gasteiger partial charge < -0.3 is 10.1 Å². The predicted octanol–water partition coefficient (Wildman–Crippen LogP) is 3.71. The Kier molecular flexibility index (Phi) is 6.32. The number of carbonyl (C=O) groups excluding carboxylic acids is 1. The number of amides is 1. The maximum Gasteiger partial charge on any atom is 0.230 e. The number of hydrogen-bond acceptors (Lipinski definition) is 6. The molecule has 7 nitrogen and oxygen atoms in total. The first kappa shape index (κ1) is 21.2. The number of carbonyl (C=O) groups is 1. The summed E-state index contributed by atoms with van der Waals surface area (Å²) < 4.78 is 5.41. The van der Waals surface area contributed by atoms with Crippen molar-refractivity contribution in [1.82, 2.24) is 19.9 Å². The molecule has 4 aromatic rings. The highest BCUT2D eigenvalue weighted by atomic mass is 16.5. The van der Waals surface area contributed by atoms with E-state index in [2.05, 4.69) is 20.2 Å². The number of rotatable bonds is 6. The fraction of sp³-hybridized carbons (Fsp3) is 0.231. The van der Waals surface area contributed by atoms with E-state index in [0.29, 0.717) is 5.82 Å². The average molecular weight is 440 g/mol. The summed E-state index contributed by atoms with van der Waals surface area (Å²) in [6.07, 6.45) is 3.75. The molecule has 0 bridgehead atoms. The summed E-state index contributed by atoms with van der Waals surface area (Å²) in [5.41, 5.74) is 4.41. The largest absolute Gasteiger partial charge is 0.379 e. The molecule has 3 aromatic heterocycles. The van der Waals surface area contributed by atoms with E-state index in [1.807, 2.05) is 60.7 Å². The zero-order chi connectivity index (χ0) is 22.5. The Balaban J connectivity index is 1.31. The van der Waals surface area contributed by atoms with Crippen LogP contribution in [0.3, 0.4) is 0 Å². The van der Waals surface area contributed by atoms with Gasteiger partial charge in [-0.2, -0.15) is 0 Å². The first-order valence-electron chi connectivity index (χ1n) is 11.1. The molecule has 0 spiro atoms.